The highest BCUT2D eigenvalue weighted by atomic mass is 16.1. The number of hydrogen-bond acceptors (Lipinski definition) is 1. The van der Waals surface area contributed by atoms with Crippen LogP contribution in [0.5, 0.6) is 0 Å². The standard InChI is InChI=1S/C13H18O/c1-5-11-12(9(2)3)7-6-8-13(11)10(4)14/h6-9H,5H2,1-4H3. The first-order valence-corrected chi connectivity index (χ1v) is 5.20. The van der Waals surface area contributed by atoms with Gasteiger partial charge in [-0.25, -0.2) is 0 Å². The zero-order valence-corrected chi connectivity index (χ0v) is 9.42. The summed E-state index contributed by atoms with van der Waals surface area (Å²) in [6.07, 6.45) is 0.934. The number of hydrogen-bond donors (Lipinski definition) is 0. The van der Waals surface area contributed by atoms with Crippen LogP contribution < -0.4 is 0 Å². The minimum absolute atomic E-state index is 0.171. The molecule has 0 aromatic heterocycles. The molecule has 1 heteroatoms. The van der Waals surface area contributed by atoms with E-state index in [1.54, 1.807) is 6.92 Å². The van der Waals surface area contributed by atoms with Gasteiger partial charge in [-0.2, -0.15) is 0 Å². The van der Waals surface area contributed by atoms with E-state index in [-0.39, 0.29) is 5.78 Å². The van der Waals surface area contributed by atoms with E-state index >= 15 is 0 Å². The first kappa shape index (κ1) is 11.0. The molecule has 0 N–H and O–H groups in total. The Morgan fingerprint density at radius 1 is 1.36 bits per heavy atom. The van der Waals surface area contributed by atoms with Gasteiger partial charge >= 0.3 is 0 Å². The molecular formula is C13H18O. The predicted molar refractivity (Wildman–Crippen MR) is 59.9 cm³/mol. The zero-order chi connectivity index (χ0) is 10.7. The molecule has 76 valence electrons. The molecule has 1 aromatic carbocycles. The molecule has 0 aliphatic carbocycles. The maximum absolute atomic E-state index is 11.4. The van der Waals surface area contributed by atoms with Crippen molar-refractivity contribution < 1.29 is 4.79 Å². The number of carbonyl (C=O) groups is 1. The lowest BCUT2D eigenvalue weighted by atomic mass is 9.90. The molecule has 0 amide bonds. The first-order valence-electron chi connectivity index (χ1n) is 5.20. The minimum Gasteiger partial charge on any atom is -0.295 e. The van der Waals surface area contributed by atoms with Crippen LogP contribution in [0, 0.1) is 0 Å². The van der Waals surface area contributed by atoms with Crippen LogP contribution in [0.1, 0.15) is 55.1 Å². The molecule has 1 rings (SSSR count). The van der Waals surface area contributed by atoms with Gasteiger partial charge in [0.2, 0.25) is 0 Å². The summed E-state index contributed by atoms with van der Waals surface area (Å²) in [6, 6.07) is 6.02. The van der Waals surface area contributed by atoms with Crippen molar-refractivity contribution in [2.24, 2.45) is 0 Å². The van der Waals surface area contributed by atoms with Crippen molar-refractivity contribution in [1.29, 1.82) is 0 Å². The maximum atomic E-state index is 11.4. The Morgan fingerprint density at radius 3 is 2.43 bits per heavy atom. The van der Waals surface area contributed by atoms with Gasteiger partial charge in [-0.1, -0.05) is 39.0 Å². The van der Waals surface area contributed by atoms with Gasteiger partial charge < -0.3 is 0 Å². The molecule has 0 radical (unpaired) electrons. The van der Waals surface area contributed by atoms with E-state index in [0.717, 1.165) is 12.0 Å². The molecule has 0 saturated heterocycles. The van der Waals surface area contributed by atoms with Gasteiger partial charge in [0.05, 0.1) is 0 Å². The van der Waals surface area contributed by atoms with Gasteiger partial charge in [-0.15, -0.1) is 0 Å². The van der Waals surface area contributed by atoms with Crippen LogP contribution >= 0.6 is 0 Å². The van der Waals surface area contributed by atoms with E-state index in [9.17, 15) is 4.79 Å². The van der Waals surface area contributed by atoms with E-state index < -0.39 is 0 Å². The summed E-state index contributed by atoms with van der Waals surface area (Å²) in [4.78, 5) is 11.4. The monoisotopic (exact) mass is 190 g/mol. The highest BCUT2D eigenvalue weighted by Gasteiger charge is 2.11. The summed E-state index contributed by atoms with van der Waals surface area (Å²) in [5.41, 5.74) is 3.41. The van der Waals surface area contributed by atoms with Crippen molar-refractivity contribution >= 4 is 5.78 Å². The summed E-state index contributed by atoms with van der Waals surface area (Å²) in [5, 5.41) is 0. The molecule has 0 aliphatic rings. The lowest BCUT2D eigenvalue weighted by Gasteiger charge is -2.14. The van der Waals surface area contributed by atoms with Crippen molar-refractivity contribution in [2.75, 3.05) is 0 Å². The van der Waals surface area contributed by atoms with Gasteiger partial charge in [0.1, 0.15) is 0 Å². The molecule has 0 bridgehead atoms. The average Bonchev–Trinajstić information content (AvgIpc) is 2.16. The Balaban J connectivity index is 3.32. The van der Waals surface area contributed by atoms with Crippen molar-refractivity contribution in [3.05, 3.63) is 34.9 Å². The molecule has 0 saturated carbocycles. The molecule has 1 nitrogen and oxygen atoms in total. The van der Waals surface area contributed by atoms with E-state index in [2.05, 4.69) is 26.8 Å². The SMILES string of the molecule is CCc1c(C(C)=O)cccc1C(C)C. The quantitative estimate of drug-likeness (QED) is 0.666. The highest BCUT2D eigenvalue weighted by Crippen LogP contribution is 2.23. The van der Waals surface area contributed by atoms with Crippen LogP contribution in [-0.4, -0.2) is 5.78 Å². The Morgan fingerprint density at radius 2 is 2.00 bits per heavy atom. The van der Waals surface area contributed by atoms with Gasteiger partial charge in [0.25, 0.3) is 0 Å². The fourth-order valence-corrected chi connectivity index (χ4v) is 1.87. The molecule has 14 heavy (non-hydrogen) atoms. The molecule has 0 fully saturated rings. The molecule has 1 aromatic rings. The van der Waals surface area contributed by atoms with Gasteiger partial charge in [-0.3, -0.25) is 4.79 Å². The number of carbonyl (C=O) groups excluding carboxylic acids is 1. The van der Waals surface area contributed by atoms with Crippen molar-refractivity contribution in [3.63, 3.8) is 0 Å². The Labute approximate surface area is 86.1 Å². The summed E-state index contributed by atoms with van der Waals surface area (Å²) >= 11 is 0. The zero-order valence-electron chi connectivity index (χ0n) is 9.42. The third-order valence-electron chi connectivity index (χ3n) is 2.57. The minimum atomic E-state index is 0.171. The third kappa shape index (κ3) is 2.03. The van der Waals surface area contributed by atoms with Crippen molar-refractivity contribution in [3.8, 4) is 0 Å². The van der Waals surface area contributed by atoms with Crippen LogP contribution in [0.2, 0.25) is 0 Å². The molecule has 0 spiro atoms. The number of benzene rings is 1. The Bertz CT molecular complexity index is 337. The van der Waals surface area contributed by atoms with Crippen LogP contribution in [0.4, 0.5) is 0 Å². The van der Waals surface area contributed by atoms with Crippen molar-refractivity contribution in [2.45, 2.75) is 40.0 Å². The Hall–Kier alpha value is -1.11. The van der Waals surface area contributed by atoms with E-state index in [0.29, 0.717) is 5.92 Å². The van der Waals surface area contributed by atoms with E-state index in [4.69, 9.17) is 0 Å². The topological polar surface area (TPSA) is 17.1 Å². The van der Waals surface area contributed by atoms with Gasteiger partial charge in [-0.05, 0) is 30.4 Å². The number of Topliss-reactive ketones (excluding diaryl/α,β-unsaturated/α-hetero) is 1. The second kappa shape index (κ2) is 4.41. The second-order valence-electron chi connectivity index (χ2n) is 3.94. The molecule has 0 unspecified atom stereocenters. The van der Waals surface area contributed by atoms with Gasteiger partial charge in [0.15, 0.2) is 5.78 Å². The summed E-state index contributed by atoms with van der Waals surface area (Å²) in [6.45, 7) is 8.07. The van der Waals surface area contributed by atoms with Gasteiger partial charge in [0, 0.05) is 5.56 Å². The van der Waals surface area contributed by atoms with E-state index in [1.807, 2.05) is 12.1 Å². The smallest absolute Gasteiger partial charge is 0.160 e. The lowest BCUT2D eigenvalue weighted by molar-refractivity contribution is 0.101. The fraction of sp³-hybridized carbons (Fsp3) is 0.462. The Kier molecular flexibility index (Phi) is 3.45. The van der Waals surface area contributed by atoms with Crippen LogP contribution in [0.15, 0.2) is 18.2 Å². The van der Waals surface area contributed by atoms with Crippen LogP contribution in [-0.2, 0) is 6.42 Å². The summed E-state index contributed by atoms with van der Waals surface area (Å²) in [5.74, 6) is 0.661. The molecule has 0 atom stereocenters. The summed E-state index contributed by atoms with van der Waals surface area (Å²) < 4.78 is 0. The fourth-order valence-electron chi connectivity index (χ4n) is 1.87. The van der Waals surface area contributed by atoms with Crippen LogP contribution in [0.25, 0.3) is 0 Å². The number of ketones is 1. The highest BCUT2D eigenvalue weighted by molar-refractivity contribution is 5.95. The van der Waals surface area contributed by atoms with E-state index in [1.165, 1.54) is 11.1 Å². The second-order valence-corrected chi connectivity index (χ2v) is 3.94. The molecule has 0 heterocycles. The molecule has 0 aliphatic heterocycles. The third-order valence-corrected chi connectivity index (χ3v) is 2.57. The number of rotatable bonds is 3. The lowest BCUT2D eigenvalue weighted by Crippen LogP contribution is -2.04. The summed E-state index contributed by atoms with van der Waals surface area (Å²) in [7, 11) is 0. The van der Waals surface area contributed by atoms with Crippen molar-refractivity contribution in [1.82, 2.24) is 0 Å². The average molecular weight is 190 g/mol. The first-order chi connectivity index (χ1) is 6.57. The largest absolute Gasteiger partial charge is 0.295 e. The normalized spacial score (nSPS) is 10.6. The molecular weight excluding hydrogens is 172 g/mol. The predicted octanol–water partition coefficient (Wildman–Crippen LogP) is 3.58. The van der Waals surface area contributed by atoms with Crippen LogP contribution in [0.3, 0.4) is 0 Å². The maximum Gasteiger partial charge on any atom is 0.160 e.